The van der Waals surface area contributed by atoms with E-state index in [1.54, 1.807) is 6.07 Å². The first-order valence-electron chi connectivity index (χ1n) is 7.11. The second kappa shape index (κ2) is 4.95. The van der Waals surface area contributed by atoms with Crippen LogP contribution in [0.2, 0.25) is 0 Å². The van der Waals surface area contributed by atoms with Crippen molar-refractivity contribution in [2.45, 2.75) is 48.2 Å². The minimum atomic E-state index is -3.07. The van der Waals surface area contributed by atoms with Crippen LogP contribution < -0.4 is 4.74 Å². The van der Waals surface area contributed by atoms with Gasteiger partial charge in [-0.1, -0.05) is 6.07 Å². The molecule has 2 fully saturated rings. The van der Waals surface area contributed by atoms with Crippen LogP contribution in [0.5, 0.6) is 5.75 Å². The van der Waals surface area contributed by atoms with Crippen molar-refractivity contribution in [1.29, 1.82) is 0 Å². The minimum absolute atomic E-state index is 0.164. The first-order chi connectivity index (χ1) is 9.84. The highest BCUT2D eigenvalue weighted by Crippen LogP contribution is 2.44. The molecule has 2 bridgehead atoms. The van der Waals surface area contributed by atoms with Gasteiger partial charge in [-0.15, -0.1) is 0 Å². The monoisotopic (exact) mass is 314 g/mol. The summed E-state index contributed by atoms with van der Waals surface area (Å²) < 4.78 is 42.7. The molecule has 2 atom stereocenters. The van der Waals surface area contributed by atoms with E-state index in [4.69, 9.17) is 4.74 Å². The van der Waals surface area contributed by atoms with E-state index in [-0.39, 0.29) is 25.0 Å². The Kier molecular flexibility index (Phi) is 3.48. The molecule has 2 heterocycles. The molecule has 0 radical (unpaired) electrons. The summed E-state index contributed by atoms with van der Waals surface area (Å²) in [6, 6.07) is 4.59. The second-order valence-electron chi connectivity index (χ2n) is 6.19. The zero-order chi connectivity index (χ0) is 15.3. The molecule has 2 saturated heterocycles. The summed E-state index contributed by atoms with van der Waals surface area (Å²) in [7, 11) is -1.67. The molecule has 0 spiro atoms. The maximum absolute atomic E-state index is 13.7. The van der Waals surface area contributed by atoms with Crippen LogP contribution in [0.3, 0.4) is 0 Å². The molecule has 0 aliphatic carbocycles. The average Bonchev–Trinajstić information content (AvgIpc) is 2.59. The van der Waals surface area contributed by atoms with Crippen LogP contribution in [0.15, 0.2) is 18.2 Å². The SMILES string of the molecule is COc1ccc(CC2(O)CC3CCC(C2)S3(=O)=O)cc1F. The van der Waals surface area contributed by atoms with E-state index in [2.05, 4.69) is 0 Å². The van der Waals surface area contributed by atoms with E-state index in [0.29, 0.717) is 18.4 Å². The maximum Gasteiger partial charge on any atom is 0.165 e. The van der Waals surface area contributed by atoms with Crippen molar-refractivity contribution in [3.05, 3.63) is 29.6 Å². The topological polar surface area (TPSA) is 63.6 Å². The molecule has 3 rings (SSSR count). The lowest BCUT2D eigenvalue weighted by molar-refractivity contribution is 0.0219. The molecule has 21 heavy (non-hydrogen) atoms. The van der Waals surface area contributed by atoms with Crippen molar-refractivity contribution < 1.29 is 22.7 Å². The van der Waals surface area contributed by atoms with Gasteiger partial charge in [-0.3, -0.25) is 0 Å². The van der Waals surface area contributed by atoms with Gasteiger partial charge in [0, 0.05) is 6.42 Å². The van der Waals surface area contributed by atoms with E-state index < -0.39 is 31.8 Å². The van der Waals surface area contributed by atoms with Gasteiger partial charge in [0.1, 0.15) is 0 Å². The summed E-state index contributed by atoms with van der Waals surface area (Å²) in [5, 5.41) is 9.86. The number of aliphatic hydroxyl groups is 1. The number of halogens is 1. The zero-order valence-electron chi connectivity index (χ0n) is 11.9. The Labute approximate surface area is 123 Å². The largest absolute Gasteiger partial charge is 0.494 e. The van der Waals surface area contributed by atoms with Gasteiger partial charge in [-0.05, 0) is 43.4 Å². The molecule has 0 aromatic heterocycles. The fraction of sp³-hybridized carbons (Fsp3) is 0.600. The molecule has 6 heteroatoms. The van der Waals surface area contributed by atoms with Crippen molar-refractivity contribution in [3.63, 3.8) is 0 Å². The standard InChI is InChI=1S/C15H19FO4S/c1-20-14-5-2-10(6-13(14)16)7-15(17)8-11-3-4-12(9-15)21(11,18)19/h2,5-6,11-12,17H,3-4,7-9H2,1H3. The molecule has 0 amide bonds. The Morgan fingerprint density at radius 1 is 1.33 bits per heavy atom. The van der Waals surface area contributed by atoms with Gasteiger partial charge < -0.3 is 9.84 Å². The Morgan fingerprint density at radius 2 is 1.95 bits per heavy atom. The third-order valence-electron chi connectivity index (χ3n) is 4.70. The molecule has 2 aliphatic heterocycles. The summed E-state index contributed by atoms with van der Waals surface area (Å²) in [5.74, 6) is -0.304. The lowest BCUT2D eigenvalue weighted by Gasteiger charge is -2.36. The highest BCUT2D eigenvalue weighted by atomic mass is 32.2. The van der Waals surface area contributed by atoms with Crippen LogP contribution in [0.25, 0.3) is 0 Å². The van der Waals surface area contributed by atoms with Crippen molar-refractivity contribution in [2.75, 3.05) is 7.11 Å². The van der Waals surface area contributed by atoms with Gasteiger partial charge in [-0.25, -0.2) is 12.8 Å². The number of hydrogen-bond acceptors (Lipinski definition) is 4. The van der Waals surface area contributed by atoms with Crippen LogP contribution in [0, 0.1) is 5.82 Å². The molecular formula is C15H19FO4S. The Morgan fingerprint density at radius 3 is 2.48 bits per heavy atom. The van der Waals surface area contributed by atoms with Crippen molar-refractivity contribution in [3.8, 4) is 5.75 Å². The lowest BCUT2D eigenvalue weighted by atomic mass is 9.87. The van der Waals surface area contributed by atoms with E-state index in [1.807, 2.05) is 0 Å². The van der Waals surface area contributed by atoms with Gasteiger partial charge >= 0.3 is 0 Å². The minimum Gasteiger partial charge on any atom is -0.494 e. The molecule has 4 nitrogen and oxygen atoms in total. The highest BCUT2D eigenvalue weighted by Gasteiger charge is 2.52. The van der Waals surface area contributed by atoms with E-state index in [0.717, 1.165) is 0 Å². The fourth-order valence-electron chi connectivity index (χ4n) is 3.68. The van der Waals surface area contributed by atoms with Crippen molar-refractivity contribution in [2.24, 2.45) is 0 Å². The molecular weight excluding hydrogens is 295 g/mol. The Bertz CT molecular complexity index is 636. The Balaban J connectivity index is 1.81. The van der Waals surface area contributed by atoms with Crippen LogP contribution in [-0.2, 0) is 16.3 Å². The smallest absolute Gasteiger partial charge is 0.165 e. The number of benzene rings is 1. The van der Waals surface area contributed by atoms with Crippen LogP contribution in [0.4, 0.5) is 4.39 Å². The van der Waals surface area contributed by atoms with Crippen molar-refractivity contribution >= 4 is 9.84 Å². The average molecular weight is 314 g/mol. The van der Waals surface area contributed by atoms with Crippen molar-refractivity contribution in [1.82, 2.24) is 0 Å². The third kappa shape index (κ3) is 2.55. The quantitative estimate of drug-likeness (QED) is 0.925. The van der Waals surface area contributed by atoms with Crippen LogP contribution >= 0.6 is 0 Å². The number of ether oxygens (including phenoxy) is 1. The van der Waals surface area contributed by atoms with Gasteiger partial charge in [0.05, 0.1) is 23.2 Å². The number of fused-ring (bicyclic) bond motifs is 2. The normalized spacial score (nSPS) is 33.9. The third-order valence-corrected chi connectivity index (χ3v) is 7.37. The molecule has 2 aliphatic rings. The fourth-order valence-corrected chi connectivity index (χ4v) is 6.24. The van der Waals surface area contributed by atoms with Gasteiger partial charge in [0.2, 0.25) is 0 Å². The molecule has 1 N–H and O–H groups in total. The lowest BCUT2D eigenvalue weighted by Crippen LogP contribution is -2.46. The van der Waals surface area contributed by atoms with E-state index >= 15 is 0 Å². The predicted octanol–water partition coefficient (Wildman–Crippen LogP) is 1.85. The molecule has 0 saturated carbocycles. The maximum atomic E-state index is 13.7. The van der Waals surface area contributed by atoms with E-state index in [1.165, 1.54) is 19.2 Å². The second-order valence-corrected chi connectivity index (χ2v) is 8.70. The number of rotatable bonds is 3. The molecule has 116 valence electrons. The summed E-state index contributed by atoms with van der Waals surface area (Å²) in [4.78, 5) is 0. The molecule has 1 aromatic carbocycles. The summed E-state index contributed by atoms with van der Waals surface area (Å²) in [5.41, 5.74) is -0.396. The number of sulfone groups is 1. The van der Waals surface area contributed by atoms with Gasteiger partial charge in [-0.2, -0.15) is 0 Å². The zero-order valence-corrected chi connectivity index (χ0v) is 12.7. The summed E-state index contributed by atoms with van der Waals surface area (Å²) in [6.07, 6.45) is 2.04. The number of hydrogen-bond donors (Lipinski definition) is 1. The molecule has 1 aromatic rings. The summed E-state index contributed by atoms with van der Waals surface area (Å²) >= 11 is 0. The van der Waals surface area contributed by atoms with Gasteiger partial charge in [0.25, 0.3) is 0 Å². The highest BCUT2D eigenvalue weighted by molar-refractivity contribution is 7.93. The summed E-state index contributed by atoms with van der Waals surface area (Å²) in [6.45, 7) is 0. The van der Waals surface area contributed by atoms with Crippen LogP contribution in [-0.4, -0.2) is 36.7 Å². The first kappa shape index (κ1) is 14.8. The number of methoxy groups -OCH3 is 1. The first-order valence-corrected chi connectivity index (χ1v) is 8.72. The Hall–Kier alpha value is -1.14. The van der Waals surface area contributed by atoms with E-state index in [9.17, 15) is 17.9 Å². The predicted molar refractivity (Wildman–Crippen MR) is 76.6 cm³/mol. The molecule has 2 unspecified atom stereocenters. The van der Waals surface area contributed by atoms with Gasteiger partial charge in [0.15, 0.2) is 21.4 Å². The van der Waals surface area contributed by atoms with Crippen LogP contribution in [0.1, 0.15) is 31.2 Å².